The predicted molar refractivity (Wildman–Crippen MR) is 123 cm³/mol. The van der Waals surface area contributed by atoms with Crippen molar-refractivity contribution in [2.75, 3.05) is 60.6 Å². The summed E-state index contributed by atoms with van der Waals surface area (Å²) in [5.41, 5.74) is 3.76. The fraction of sp³-hybridized carbons (Fsp3) is 0.480. The van der Waals surface area contributed by atoms with Gasteiger partial charge in [0.1, 0.15) is 5.75 Å². The van der Waals surface area contributed by atoms with Gasteiger partial charge in [0, 0.05) is 45.8 Å². The van der Waals surface area contributed by atoms with Crippen LogP contribution in [0.15, 0.2) is 36.4 Å². The Morgan fingerprint density at radius 2 is 1.47 bits per heavy atom. The number of carbonyl (C=O) groups is 1. The van der Waals surface area contributed by atoms with E-state index in [1.165, 1.54) is 16.7 Å². The molecule has 0 N–H and O–H groups in total. The highest BCUT2D eigenvalue weighted by Gasteiger charge is 2.25. The standard InChI is InChI=1S/C25H33N3O4/c1-30-22-6-4-19(5-7-22)16-26-10-12-28(13-11-26)25(29)18-27-9-8-20-14-23(31-2)24(32-3)15-21(20)17-27/h4-7,14-15H,8-13,16-18H2,1-3H3. The summed E-state index contributed by atoms with van der Waals surface area (Å²) >= 11 is 0. The van der Waals surface area contributed by atoms with Crippen LogP contribution < -0.4 is 14.2 Å². The number of amides is 1. The molecule has 0 unspecified atom stereocenters. The first-order chi connectivity index (χ1) is 15.6. The molecule has 2 aromatic rings. The zero-order valence-corrected chi connectivity index (χ0v) is 19.3. The van der Waals surface area contributed by atoms with Crippen LogP contribution in [0, 0.1) is 0 Å². The van der Waals surface area contributed by atoms with Gasteiger partial charge < -0.3 is 19.1 Å². The normalized spacial score (nSPS) is 17.0. The number of carbonyl (C=O) groups excluding carboxylic acids is 1. The third-order valence-electron chi connectivity index (χ3n) is 6.45. The quantitative estimate of drug-likeness (QED) is 0.661. The van der Waals surface area contributed by atoms with Crippen molar-refractivity contribution in [2.45, 2.75) is 19.5 Å². The van der Waals surface area contributed by atoms with Crippen molar-refractivity contribution in [3.63, 3.8) is 0 Å². The van der Waals surface area contributed by atoms with Crippen molar-refractivity contribution in [1.29, 1.82) is 0 Å². The van der Waals surface area contributed by atoms with Gasteiger partial charge in [-0.2, -0.15) is 0 Å². The highest BCUT2D eigenvalue weighted by atomic mass is 16.5. The summed E-state index contributed by atoms with van der Waals surface area (Å²) in [4.78, 5) is 19.6. The number of hydrogen-bond acceptors (Lipinski definition) is 6. The zero-order valence-electron chi connectivity index (χ0n) is 19.3. The van der Waals surface area contributed by atoms with Gasteiger partial charge in [-0.15, -0.1) is 0 Å². The van der Waals surface area contributed by atoms with Crippen LogP contribution in [0.25, 0.3) is 0 Å². The second-order valence-corrected chi connectivity index (χ2v) is 8.44. The minimum absolute atomic E-state index is 0.220. The van der Waals surface area contributed by atoms with Crippen molar-refractivity contribution in [2.24, 2.45) is 0 Å². The lowest BCUT2D eigenvalue weighted by molar-refractivity contribution is -0.134. The molecule has 0 aromatic heterocycles. The number of hydrogen-bond donors (Lipinski definition) is 0. The average Bonchev–Trinajstić information content (AvgIpc) is 2.84. The van der Waals surface area contributed by atoms with Crippen molar-refractivity contribution >= 4 is 5.91 Å². The molecule has 0 aliphatic carbocycles. The average molecular weight is 440 g/mol. The second kappa shape index (κ2) is 10.2. The lowest BCUT2D eigenvalue weighted by Gasteiger charge is -2.36. The van der Waals surface area contributed by atoms with Crippen LogP contribution in [0.2, 0.25) is 0 Å². The summed E-state index contributed by atoms with van der Waals surface area (Å²) in [6, 6.07) is 12.3. The Morgan fingerprint density at radius 1 is 0.812 bits per heavy atom. The van der Waals surface area contributed by atoms with E-state index in [1.54, 1.807) is 21.3 Å². The van der Waals surface area contributed by atoms with E-state index in [0.717, 1.165) is 69.5 Å². The molecule has 32 heavy (non-hydrogen) atoms. The maximum atomic E-state index is 12.9. The molecule has 4 rings (SSSR count). The van der Waals surface area contributed by atoms with E-state index in [-0.39, 0.29) is 5.91 Å². The van der Waals surface area contributed by atoms with Crippen LogP contribution in [-0.2, 0) is 24.3 Å². The maximum absolute atomic E-state index is 12.9. The van der Waals surface area contributed by atoms with E-state index in [4.69, 9.17) is 14.2 Å². The van der Waals surface area contributed by atoms with Crippen molar-refractivity contribution in [1.82, 2.24) is 14.7 Å². The number of piperazine rings is 1. The summed E-state index contributed by atoms with van der Waals surface area (Å²) in [6.45, 7) is 6.38. The number of fused-ring (bicyclic) bond motifs is 1. The summed E-state index contributed by atoms with van der Waals surface area (Å²) in [5.74, 6) is 2.61. The largest absolute Gasteiger partial charge is 0.497 e. The van der Waals surface area contributed by atoms with Crippen LogP contribution in [0.4, 0.5) is 0 Å². The molecule has 1 amide bonds. The van der Waals surface area contributed by atoms with E-state index in [2.05, 4.69) is 28.0 Å². The minimum atomic E-state index is 0.220. The third-order valence-corrected chi connectivity index (χ3v) is 6.45. The molecule has 0 atom stereocenters. The smallest absolute Gasteiger partial charge is 0.236 e. The molecule has 2 aliphatic heterocycles. The molecule has 2 heterocycles. The van der Waals surface area contributed by atoms with E-state index in [1.807, 2.05) is 23.1 Å². The van der Waals surface area contributed by atoms with Crippen LogP contribution in [0.3, 0.4) is 0 Å². The fourth-order valence-corrected chi connectivity index (χ4v) is 4.51. The van der Waals surface area contributed by atoms with Gasteiger partial charge in [-0.05, 0) is 47.4 Å². The molecular formula is C25H33N3O4. The Balaban J connectivity index is 1.27. The number of nitrogens with zero attached hydrogens (tertiary/aromatic N) is 3. The molecular weight excluding hydrogens is 406 g/mol. The van der Waals surface area contributed by atoms with E-state index in [0.29, 0.717) is 6.54 Å². The van der Waals surface area contributed by atoms with Gasteiger partial charge >= 0.3 is 0 Å². The van der Waals surface area contributed by atoms with E-state index in [9.17, 15) is 4.79 Å². The van der Waals surface area contributed by atoms with E-state index < -0.39 is 0 Å². The first-order valence-corrected chi connectivity index (χ1v) is 11.2. The Hall–Kier alpha value is -2.77. The highest BCUT2D eigenvalue weighted by Crippen LogP contribution is 2.33. The Kier molecular flexibility index (Phi) is 7.17. The number of benzene rings is 2. The zero-order chi connectivity index (χ0) is 22.5. The number of ether oxygens (including phenoxy) is 3. The minimum Gasteiger partial charge on any atom is -0.497 e. The second-order valence-electron chi connectivity index (χ2n) is 8.44. The predicted octanol–water partition coefficient (Wildman–Crippen LogP) is 2.41. The molecule has 0 spiro atoms. The molecule has 2 aliphatic rings. The van der Waals surface area contributed by atoms with Gasteiger partial charge in [-0.1, -0.05) is 12.1 Å². The monoisotopic (exact) mass is 439 g/mol. The Bertz CT molecular complexity index is 924. The van der Waals surface area contributed by atoms with E-state index >= 15 is 0 Å². The van der Waals surface area contributed by atoms with Gasteiger partial charge in [0.25, 0.3) is 0 Å². The molecule has 1 saturated heterocycles. The molecule has 7 heteroatoms. The highest BCUT2D eigenvalue weighted by molar-refractivity contribution is 5.78. The molecule has 2 aromatic carbocycles. The van der Waals surface area contributed by atoms with Crippen molar-refractivity contribution in [3.05, 3.63) is 53.1 Å². The summed E-state index contributed by atoms with van der Waals surface area (Å²) < 4.78 is 16.1. The van der Waals surface area contributed by atoms with Crippen LogP contribution in [0.1, 0.15) is 16.7 Å². The lowest BCUT2D eigenvalue weighted by Crippen LogP contribution is -2.51. The summed E-state index contributed by atoms with van der Waals surface area (Å²) in [7, 11) is 5.00. The third kappa shape index (κ3) is 5.16. The summed E-state index contributed by atoms with van der Waals surface area (Å²) in [5, 5.41) is 0. The molecule has 0 saturated carbocycles. The SMILES string of the molecule is COc1ccc(CN2CCN(C(=O)CN3CCc4cc(OC)c(OC)cc4C3)CC2)cc1. The van der Waals surface area contributed by atoms with Crippen molar-refractivity contribution < 1.29 is 19.0 Å². The number of methoxy groups -OCH3 is 3. The Morgan fingerprint density at radius 3 is 2.09 bits per heavy atom. The van der Waals surface area contributed by atoms with Gasteiger partial charge in [0.2, 0.25) is 5.91 Å². The van der Waals surface area contributed by atoms with Gasteiger partial charge in [-0.3, -0.25) is 14.6 Å². The first kappa shape index (κ1) is 22.4. The van der Waals surface area contributed by atoms with Crippen LogP contribution >= 0.6 is 0 Å². The van der Waals surface area contributed by atoms with Crippen LogP contribution in [0.5, 0.6) is 17.2 Å². The maximum Gasteiger partial charge on any atom is 0.236 e. The molecule has 172 valence electrons. The lowest BCUT2D eigenvalue weighted by atomic mass is 9.98. The van der Waals surface area contributed by atoms with Gasteiger partial charge in [-0.25, -0.2) is 0 Å². The van der Waals surface area contributed by atoms with Gasteiger partial charge in [0.05, 0.1) is 27.9 Å². The molecule has 0 radical (unpaired) electrons. The summed E-state index contributed by atoms with van der Waals surface area (Å²) in [6.07, 6.45) is 0.915. The van der Waals surface area contributed by atoms with Crippen molar-refractivity contribution in [3.8, 4) is 17.2 Å². The fourth-order valence-electron chi connectivity index (χ4n) is 4.51. The topological polar surface area (TPSA) is 54.5 Å². The Labute approximate surface area is 190 Å². The van der Waals surface area contributed by atoms with Gasteiger partial charge in [0.15, 0.2) is 11.5 Å². The first-order valence-electron chi connectivity index (χ1n) is 11.2. The van der Waals surface area contributed by atoms with Crippen LogP contribution in [-0.4, -0.2) is 81.2 Å². The molecule has 7 nitrogen and oxygen atoms in total. The number of rotatable bonds is 7. The molecule has 0 bridgehead atoms. The molecule has 1 fully saturated rings.